The number of halogens is 2. The normalized spacial score (nSPS) is 16.4. The van der Waals surface area contributed by atoms with E-state index in [2.05, 4.69) is 43.4 Å². The average Bonchev–Trinajstić information content (AvgIpc) is 3.20. The van der Waals surface area contributed by atoms with Gasteiger partial charge in [0, 0.05) is 38.2 Å². The zero-order chi connectivity index (χ0) is 18.2. The topological polar surface area (TPSA) is 48.9 Å². The van der Waals surface area contributed by atoms with Crippen molar-refractivity contribution in [2.24, 2.45) is 4.99 Å². The molecule has 0 spiro atoms. The van der Waals surface area contributed by atoms with Gasteiger partial charge in [-0.1, -0.05) is 29.8 Å². The van der Waals surface area contributed by atoms with Crippen LogP contribution in [-0.4, -0.2) is 50.8 Å². The molecule has 0 aliphatic carbocycles. The van der Waals surface area contributed by atoms with E-state index in [1.807, 2.05) is 18.2 Å². The largest absolute Gasteiger partial charge is 0.379 e. The molecule has 0 bridgehead atoms. The van der Waals surface area contributed by atoms with Crippen molar-refractivity contribution < 1.29 is 4.74 Å². The van der Waals surface area contributed by atoms with Crippen LogP contribution in [0.25, 0.3) is 0 Å². The molecule has 5 nitrogen and oxygen atoms in total. The fourth-order valence-electron chi connectivity index (χ4n) is 3.06. The van der Waals surface area contributed by atoms with Crippen LogP contribution in [0.5, 0.6) is 0 Å². The van der Waals surface area contributed by atoms with Crippen LogP contribution in [0.2, 0.25) is 5.02 Å². The van der Waals surface area contributed by atoms with E-state index in [0.717, 1.165) is 55.9 Å². The highest BCUT2D eigenvalue weighted by Gasteiger charge is 2.24. The summed E-state index contributed by atoms with van der Waals surface area (Å²) in [5.41, 5.74) is 2.39. The Bertz CT molecular complexity index is 707. The van der Waals surface area contributed by atoms with E-state index < -0.39 is 0 Å². The molecule has 1 aliphatic heterocycles. The Morgan fingerprint density at radius 3 is 2.70 bits per heavy atom. The minimum atomic E-state index is 0. The lowest BCUT2D eigenvalue weighted by molar-refractivity contribution is 0.0170. The molecule has 1 atom stereocenters. The van der Waals surface area contributed by atoms with Gasteiger partial charge in [0.25, 0.3) is 0 Å². The molecule has 2 N–H and O–H groups in total. The Morgan fingerprint density at radius 2 is 2.04 bits per heavy atom. The second-order valence-corrected chi connectivity index (χ2v) is 7.31. The van der Waals surface area contributed by atoms with Crippen molar-refractivity contribution in [3.05, 3.63) is 57.2 Å². The average molecular weight is 521 g/mol. The van der Waals surface area contributed by atoms with Crippen molar-refractivity contribution >= 4 is 52.9 Å². The van der Waals surface area contributed by atoms with E-state index >= 15 is 0 Å². The van der Waals surface area contributed by atoms with E-state index in [1.54, 1.807) is 18.4 Å². The van der Waals surface area contributed by atoms with Crippen LogP contribution < -0.4 is 10.6 Å². The number of ether oxygens (including phenoxy) is 1. The van der Waals surface area contributed by atoms with Crippen molar-refractivity contribution in [2.75, 3.05) is 39.9 Å². The third kappa shape index (κ3) is 6.60. The number of guanidine groups is 1. The second-order valence-electron chi connectivity index (χ2n) is 6.12. The van der Waals surface area contributed by atoms with E-state index in [-0.39, 0.29) is 30.0 Å². The maximum atomic E-state index is 6.49. The third-order valence-corrected chi connectivity index (χ3v) is 5.55. The number of rotatable bonds is 6. The highest BCUT2D eigenvalue weighted by Crippen LogP contribution is 2.27. The maximum absolute atomic E-state index is 6.49. The van der Waals surface area contributed by atoms with Gasteiger partial charge in [-0.3, -0.25) is 9.89 Å². The lowest BCUT2D eigenvalue weighted by Crippen LogP contribution is -2.46. The summed E-state index contributed by atoms with van der Waals surface area (Å²) < 4.78 is 5.51. The molecule has 148 valence electrons. The van der Waals surface area contributed by atoms with Gasteiger partial charge < -0.3 is 15.4 Å². The molecule has 0 amide bonds. The van der Waals surface area contributed by atoms with Crippen LogP contribution >= 0.6 is 46.9 Å². The summed E-state index contributed by atoms with van der Waals surface area (Å²) in [4.78, 5) is 6.76. The molecule has 3 rings (SSSR count). The molecule has 1 aromatic heterocycles. The number of hydrogen-bond acceptors (Lipinski definition) is 4. The Hall–Kier alpha value is -0.870. The lowest BCUT2D eigenvalue weighted by atomic mass is 10.0. The number of aliphatic imine (C=N–C) groups is 1. The van der Waals surface area contributed by atoms with Gasteiger partial charge >= 0.3 is 0 Å². The molecule has 1 aromatic carbocycles. The van der Waals surface area contributed by atoms with Crippen molar-refractivity contribution in [1.29, 1.82) is 0 Å². The molecule has 27 heavy (non-hydrogen) atoms. The van der Waals surface area contributed by atoms with Crippen LogP contribution in [-0.2, 0) is 11.3 Å². The summed E-state index contributed by atoms with van der Waals surface area (Å²) >= 11 is 8.19. The SMILES string of the molecule is CN=C(NCc1ccsc1)NCC(c1ccccc1Cl)N1CCOCC1.I. The maximum Gasteiger partial charge on any atom is 0.191 e. The molecule has 1 aliphatic rings. The van der Waals surface area contributed by atoms with Crippen molar-refractivity contribution in [3.8, 4) is 0 Å². The van der Waals surface area contributed by atoms with Gasteiger partial charge in [-0.25, -0.2) is 0 Å². The molecule has 0 saturated carbocycles. The van der Waals surface area contributed by atoms with E-state index in [0.29, 0.717) is 0 Å². The first-order chi connectivity index (χ1) is 12.8. The lowest BCUT2D eigenvalue weighted by Gasteiger charge is -2.35. The fraction of sp³-hybridized carbons (Fsp3) is 0.421. The summed E-state index contributed by atoms with van der Waals surface area (Å²) in [5, 5.41) is 11.8. The van der Waals surface area contributed by atoms with E-state index in [4.69, 9.17) is 16.3 Å². The summed E-state index contributed by atoms with van der Waals surface area (Å²) in [6.45, 7) is 4.81. The Labute approximate surface area is 187 Å². The molecule has 1 fully saturated rings. The summed E-state index contributed by atoms with van der Waals surface area (Å²) in [6.07, 6.45) is 0. The van der Waals surface area contributed by atoms with Gasteiger partial charge in [0.1, 0.15) is 0 Å². The Kier molecular flexibility index (Phi) is 9.84. The monoisotopic (exact) mass is 520 g/mol. The van der Waals surface area contributed by atoms with Crippen LogP contribution in [0.1, 0.15) is 17.2 Å². The van der Waals surface area contributed by atoms with Gasteiger partial charge in [-0.15, -0.1) is 24.0 Å². The van der Waals surface area contributed by atoms with Gasteiger partial charge in [0.15, 0.2) is 5.96 Å². The van der Waals surface area contributed by atoms with Crippen LogP contribution in [0, 0.1) is 0 Å². The number of hydrogen-bond donors (Lipinski definition) is 2. The Balaban J connectivity index is 0.00000261. The zero-order valence-electron chi connectivity index (χ0n) is 15.4. The van der Waals surface area contributed by atoms with Crippen molar-refractivity contribution in [1.82, 2.24) is 15.5 Å². The minimum absolute atomic E-state index is 0. The predicted octanol–water partition coefficient (Wildman–Crippen LogP) is 3.76. The van der Waals surface area contributed by atoms with Crippen LogP contribution in [0.15, 0.2) is 46.1 Å². The van der Waals surface area contributed by atoms with E-state index in [1.165, 1.54) is 5.56 Å². The standard InChI is InChI=1S/C19H25ClN4OS.HI/c1-21-19(22-12-15-6-11-26-14-15)23-13-18(24-7-9-25-10-8-24)16-4-2-3-5-17(16)20;/h2-6,11,14,18H,7-10,12-13H2,1H3,(H2,21,22,23);1H. The molecular weight excluding hydrogens is 495 g/mol. The number of nitrogens with zero attached hydrogens (tertiary/aromatic N) is 2. The van der Waals surface area contributed by atoms with Crippen molar-refractivity contribution in [3.63, 3.8) is 0 Å². The third-order valence-electron chi connectivity index (χ3n) is 4.48. The highest BCUT2D eigenvalue weighted by molar-refractivity contribution is 14.0. The molecule has 1 unspecified atom stereocenters. The van der Waals surface area contributed by atoms with Gasteiger partial charge in [0.05, 0.1) is 19.3 Å². The van der Waals surface area contributed by atoms with Crippen LogP contribution in [0.3, 0.4) is 0 Å². The summed E-state index contributed by atoms with van der Waals surface area (Å²) in [7, 11) is 1.79. The van der Waals surface area contributed by atoms with Crippen LogP contribution in [0.4, 0.5) is 0 Å². The molecular formula is C19H26ClIN4OS. The molecule has 0 radical (unpaired) electrons. The highest BCUT2D eigenvalue weighted by atomic mass is 127. The fourth-order valence-corrected chi connectivity index (χ4v) is 3.99. The molecule has 2 heterocycles. The quantitative estimate of drug-likeness (QED) is 0.346. The smallest absolute Gasteiger partial charge is 0.191 e. The van der Waals surface area contributed by atoms with Gasteiger partial charge in [-0.2, -0.15) is 11.3 Å². The molecule has 2 aromatic rings. The first-order valence-electron chi connectivity index (χ1n) is 8.79. The Morgan fingerprint density at radius 1 is 1.26 bits per heavy atom. The predicted molar refractivity (Wildman–Crippen MR) is 125 cm³/mol. The van der Waals surface area contributed by atoms with Gasteiger partial charge in [-0.05, 0) is 34.0 Å². The van der Waals surface area contributed by atoms with Crippen molar-refractivity contribution in [2.45, 2.75) is 12.6 Å². The van der Waals surface area contributed by atoms with E-state index in [9.17, 15) is 0 Å². The first-order valence-corrected chi connectivity index (χ1v) is 10.1. The number of thiophene rings is 1. The number of nitrogens with one attached hydrogen (secondary N) is 2. The number of morpholine rings is 1. The number of benzene rings is 1. The van der Waals surface area contributed by atoms with Gasteiger partial charge in [0.2, 0.25) is 0 Å². The zero-order valence-corrected chi connectivity index (χ0v) is 19.3. The first kappa shape index (κ1) is 22.4. The second kappa shape index (κ2) is 11.9. The molecule has 8 heteroatoms. The summed E-state index contributed by atoms with van der Waals surface area (Å²) in [6, 6.07) is 10.4. The minimum Gasteiger partial charge on any atom is -0.379 e. The molecule has 1 saturated heterocycles. The summed E-state index contributed by atoms with van der Waals surface area (Å²) in [5.74, 6) is 0.793.